The van der Waals surface area contributed by atoms with Crippen LogP contribution in [0.2, 0.25) is 0 Å². The number of benzene rings is 1. The van der Waals surface area contributed by atoms with Crippen molar-refractivity contribution >= 4 is 11.9 Å². The van der Waals surface area contributed by atoms with Gasteiger partial charge in [-0.3, -0.25) is 4.79 Å². The number of halogens is 3. The van der Waals surface area contributed by atoms with Crippen molar-refractivity contribution in [2.45, 2.75) is 65.2 Å². The summed E-state index contributed by atoms with van der Waals surface area (Å²) in [5, 5.41) is 0. The summed E-state index contributed by atoms with van der Waals surface area (Å²) in [6.07, 6.45) is 1.25. The van der Waals surface area contributed by atoms with Crippen LogP contribution in [0.5, 0.6) is 5.75 Å². The van der Waals surface area contributed by atoms with Gasteiger partial charge in [0.05, 0.1) is 6.10 Å². The van der Waals surface area contributed by atoms with Crippen LogP contribution in [0, 0.1) is 11.3 Å². The summed E-state index contributed by atoms with van der Waals surface area (Å²) in [6.45, 7) is 6.62. The summed E-state index contributed by atoms with van der Waals surface area (Å²) in [6, 6.07) is 2.96. The van der Waals surface area contributed by atoms with E-state index in [0.717, 1.165) is 25.7 Å². The van der Waals surface area contributed by atoms with Gasteiger partial charge in [0.15, 0.2) is 5.78 Å². The van der Waals surface area contributed by atoms with Gasteiger partial charge in [0, 0.05) is 6.42 Å². The molecule has 0 aromatic heterocycles. The van der Waals surface area contributed by atoms with Crippen molar-refractivity contribution in [2.75, 3.05) is 0 Å². The molecular weight excluding hydrogens is 341 g/mol. The van der Waals surface area contributed by atoms with Crippen LogP contribution in [0.1, 0.15) is 63.1 Å². The molecule has 1 fully saturated rings. The third kappa shape index (κ3) is 3.97. The molecule has 0 spiro atoms. The fourth-order valence-corrected chi connectivity index (χ4v) is 4.03. The molecule has 5 heteroatoms. The van der Waals surface area contributed by atoms with Crippen LogP contribution in [0.3, 0.4) is 0 Å². The van der Waals surface area contributed by atoms with E-state index in [1.807, 2.05) is 0 Å². The highest BCUT2D eigenvalue weighted by Gasteiger charge is 2.39. The molecular formula is C21H25F3O2. The van der Waals surface area contributed by atoms with Crippen molar-refractivity contribution in [3.63, 3.8) is 0 Å². The Balaban J connectivity index is 1.84. The average Bonchev–Trinajstić information content (AvgIpc) is 2.53. The lowest BCUT2D eigenvalue weighted by Crippen LogP contribution is -2.31. The fraction of sp³-hybridized carbons (Fsp3) is 0.571. The number of rotatable bonds is 2. The molecule has 0 amide bonds. The molecule has 2 aliphatic rings. The molecule has 0 bridgehead atoms. The number of allylic oxidation sites excluding steroid dienone is 1. The van der Waals surface area contributed by atoms with E-state index in [1.165, 1.54) is 18.2 Å². The standard InChI is InChI=1S/C21H25F3O2/c1-20(2,3)14-5-8-16(9-6-14)26-18-11-4-13-12-15(25)7-10-17(13)19(18)21(22,23)24/h4,7,10-11,14,16H,5-6,8-9,12H2,1-3H3. The molecule has 2 aliphatic carbocycles. The Morgan fingerprint density at radius 2 is 1.65 bits per heavy atom. The number of hydrogen-bond donors (Lipinski definition) is 0. The molecule has 26 heavy (non-hydrogen) atoms. The van der Waals surface area contributed by atoms with Gasteiger partial charge in [-0.2, -0.15) is 13.2 Å². The SMILES string of the molecule is CC(C)(C)C1CCC(Oc2ccc3c(c2C(F)(F)F)C=CC(=O)C3)CC1. The predicted molar refractivity (Wildman–Crippen MR) is 95.0 cm³/mol. The Kier molecular flexibility index (Phi) is 4.93. The average molecular weight is 366 g/mol. The van der Waals surface area contributed by atoms with Gasteiger partial charge in [0.1, 0.15) is 11.3 Å². The lowest BCUT2D eigenvalue weighted by atomic mass is 9.72. The maximum Gasteiger partial charge on any atom is 0.420 e. The molecule has 0 aliphatic heterocycles. The van der Waals surface area contributed by atoms with Crippen molar-refractivity contribution in [1.82, 2.24) is 0 Å². The van der Waals surface area contributed by atoms with Crippen LogP contribution < -0.4 is 4.74 Å². The Labute approximate surface area is 152 Å². The molecule has 1 saturated carbocycles. The minimum atomic E-state index is -4.52. The van der Waals surface area contributed by atoms with E-state index >= 15 is 0 Å². The summed E-state index contributed by atoms with van der Waals surface area (Å²) in [5.74, 6) is 0.274. The van der Waals surface area contributed by atoms with Gasteiger partial charge in [-0.15, -0.1) is 0 Å². The first-order valence-corrected chi connectivity index (χ1v) is 9.16. The lowest BCUT2D eigenvalue weighted by molar-refractivity contribution is -0.139. The van der Waals surface area contributed by atoms with E-state index in [-0.39, 0.29) is 35.0 Å². The van der Waals surface area contributed by atoms with E-state index in [4.69, 9.17) is 4.74 Å². The Bertz CT molecular complexity index is 718. The number of ether oxygens (including phenoxy) is 1. The molecule has 0 radical (unpaired) electrons. The molecule has 2 nitrogen and oxygen atoms in total. The second-order valence-electron chi connectivity index (χ2n) is 8.44. The molecule has 0 atom stereocenters. The Hall–Kier alpha value is -1.78. The maximum atomic E-state index is 13.7. The third-order valence-electron chi connectivity index (χ3n) is 5.57. The number of carbonyl (C=O) groups is 1. The molecule has 0 unspecified atom stereocenters. The molecule has 3 rings (SSSR count). The van der Waals surface area contributed by atoms with Gasteiger partial charge in [-0.25, -0.2) is 0 Å². The minimum Gasteiger partial charge on any atom is -0.490 e. The van der Waals surface area contributed by atoms with Gasteiger partial charge >= 0.3 is 6.18 Å². The van der Waals surface area contributed by atoms with Crippen LogP contribution in [-0.2, 0) is 17.4 Å². The minimum absolute atomic E-state index is 0.00584. The van der Waals surface area contributed by atoms with E-state index in [2.05, 4.69) is 20.8 Å². The second kappa shape index (κ2) is 6.75. The van der Waals surface area contributed by atoms with Gasteiger partial charge in [0.25, 0.3) is 0 Å². The molecule has 0 saturated heterocycles. The topological polar surface area (TPSA) is 26.3 Å². The van der Waals surface area contributed by atoms with Crippen molar-refractivity contribution < 1.29 is 22.7 Å². The highest BCUT2D eigenvalue weighted by molar-refractivity contribution is 5.99. The van der Waals surface area contributed by atoms with Crippen molar-refractivity contribution in [3.05, 3.63) is 34.9 Å². The van der Waals surface area contributed by atoms with Crippen LogP contribution in [-0.4, -0.2) is 11.9 Å². The zero-order valence-electron chi connectivity index (χ0n) is 15.5. The highest BCUT2D eigenvalue weighted by Crippen LogP contribution is 2.44. The van der Waals surface area contributed by atoms with Crippen LogP contribution in [0.15, 0.2) is 18.2 Å². The summed E-state index contributed by atoms with van der Waals surface area (Å²) >= 11 is 0. The Morgan fingerprint density at radius 1 is 1.00 bits per heavy atom. The maximum absolute atomic E-state index is 13.7. The monoisotopic (exact) mass is 366 g/mol. The largest absolute Gasteiger partial charge is 0.490 e. The van der Waals surface area contributed by atoms with E-state index in [9.17, 15) is 18.0 Å². The number of hydrogen-bond acceptors (Lipinski definition) is 2. The molecule has 1 aromatic carbocycles. The summed E-state index contributed by atoms with van der Waals surface area (Å²) < 4.78 is 46.9. The predicted octanol–water partition coefficient (Wildman–Crippen LogP) is 5.83. The quantitative estimate of drug-likeness (QED) is 0.658. The van der Waals surface area contributed by atoms with Gasteiger partial charge in [0.2, 0.25) is 0 Å². The first kappa shape index (κ1) is 19.0. The number of ketones is 1. The molecule has 0 N–H and O–H groups in total. The van der Waals surface area contributed by atoms with Crippen LogP contribution >= 0.6 is 0 Å². The summed E-state index contributed by atoms with van der Waals surface area (Å²) in [4.78, 5) is 11.5. The molecule has 142 valence electrons. The van der Waals surface area contributed by atoms with Crippen LogP contribution in [0.25, 0.3) is 6.08 Å². The first-order valence-electron chi connectivity index (χ1n) is 9.16. The molecule has 0 heterocycles. The van der Waals surface area contributed by atoms with Gasteiger partial charge in [-0.1, -0.05) is 32.9 Å². The van der Waals surface area contributed by atoms with Gasteiger partial charge < -0.3 is 4.74 Å². The number of fused-ring (bicyclic) bond motifs is 1. The van der Waals surface area contributed by atoms with Gasteiger partial charge in [-0.05, 0) is 60.3 Å². The van der Waals surface area contributed by atoms with Crippen molar-refractivity contribution in [1.29, 1.82) is 0 Å². The lowest BCUT2D eigenvalue weighted by Gasteiger charge is -2.37. The first-order chi connectivity index (χ1) is 12.1. The fourth-order valence-electron chi connectivity index (χ4n) is 4.03. The third-order valence-corrected chi connectivity index (χ3v) is 5.57. The van der Waals surface area contributed by atoms with Crippen molar-refractivity contribution in [2.24, 2.45) is 11.3 Å². The molecule has 1 aromatic rings. The van der Waals surface area contributed by atoms with E-state index in [1.54, 1.807) is 6.07 Å². The zero-order chi connectivity index (χ0) is 19.1. The summed E-state index contributed by atoms with van der Waals surface area (Å²) in [5.41, 5.74) is -0.0612. The summed E-state index contributed by atoms with van der Waals surface area (Å²) in [7, 11) is 0. The second-order valence-corrected chi connectivity index (χ2v) is 8.44. The Morgan fingerprint density at radius 3 is 2.23 bits per heavy atom. The van der Waals surface area contributed by atoms with E-state index in [0.29, 0.717) is 11.5 Å². The number of carbonyl (C=O) groups excluding carboxylic acids is 1. The van der Waals surface area contributed by atoms with Crippen molar-refractivity contribution in [3.8, 4) is 5.75 Å². The van der Waals surface area contributed by atoms with Crippen LogP contribution in [0.4, 0.5) is 13.2 Å². The highest BCUT2D eigenvalue weighted by atomic mass is 19.4. The number of alkyl halides is 3. The van der Waals surface area contributed by atoms with E-state index < -0.39 is 11.7 Å². The zero-order valence-corrected chi connectivity index (χ0v) is 15.5. The normalized spacial score (nSPS) is 23.7. The smallest absolute Gasteiger partial charge is 0.420 e.